The van der Waals surface area contributed by atoms with E-state index >= 15 is 0 Å². The number of aliphatic hydroxyl groups excluding tert-OH is 1. The molecule has 1 amide bonds. The summed E-state index contributed by atoms with van der Waals surface area (Å²) in [4.78, 5) is 25.4. The Balaban J connectivity index is 1.31. The Kier molecular flexibility index (Phi) is 12.4. The SMILES string of the molecule is C=CCN(CC1OC(c2ccc(-c3cccc(CNC(=O)CCCC(=O)O)c3)cc2)OC(c2ccc(CO)cc2)C1C)C1CCCC1. The van der Waals surface area contributed by atoms with Gasteiger partial charge in [-0.15, -0.1) is 6.58 Å². The molecular weight excluding hydrogens is 592 g/mol. The molecule has 2 aliphatic rings. The van der Waals surface area contributed by atoms with Gasteiger partial charge < -0.3 is 25.0 Å². The zero-order chi connectivity index (χ0) is 33.2. The van der Waals surface area contributed by atoms with Gasteiger partial charge in [-0.05, 0) is 53.1 Å². The van der Waals surface area contributed by atoms with Crippen molar-refractivity contribution in [3.05, 3.63) is 108 Å². The molecule has 5 rings (SSSR count). The predicted octanol–water partition coefficient (Wildman–Crippen LogP) is 6.94. The van der Waals surface area contributed by atoms with Crippen LogP contribution in [0.4, 0.5) is 0 Å². The molecule has 3 aromatic rings. The van der Waals surface area contributed by atoms with E-state index in [2.05, 4.69) is 66.2 Å². The smallest absolute Gasteiger partial charge is 0.303 e. The second-order valence-electron chi connectivity index (χ2n) is 12.8. The second-order valence-corrected chi connectivity index (χ2v) is 12.8. The highest BCUT2D eigenvalue weighted by molar-refractivity contribution is 5.76. The summed E-state index contributed by atoms with van der Waals surface area (Å²) in [5, 5.41) is 21.3. The van der Waals surface area contributed by atoms with Gasteiger partial charge in [-0.2, -0.15) is 0 Å². The first kappa shape index (κ1) is 34.5. The topological polar surface area (TPSA) is 108 Å². The van der Waals surface area contributed by atoms with Crippen molar-refractivity contribution in [2.45, 2.75) is 89.6 Å². The highest BCUT2D eigenvalue weighted by atomic mass is 16.7. The molecule has 2 fully saturated rings. The number of amides is 1. The molecule has 0 spiro atoms. The summed E-state index contributed by atoms with van der Waals surface area (Å²) in [5.41, 5.74) is 5.94. The standard InChI is InChI=1S/C39H48N2O6/c1-3-22-41(34-10-4-5-11-34)25-35-27(2)38(31-16-14-28(26-42)15-17-31)47-39(46-35)32-20-18-30(19-21-32)33-9-6-8-29(23-33)24-40-36(43)12-7-13-37(44)45/h3,6,8-9,14-21,23,27,34-35,38-39,42H,1,4-5,7,10-13,22,24-26H2,2H3,(H,40,43)(H,44,45). The fraction of sp³-hybridized carbons (Fsp3) is 0.436. The van der Waals surface area contributed by atoms with Crippen molar-refractivity contribution in [2.24, 2.45) is 5.92 Å². The minimum absolute atomic E-state index is 0.00606. The predicted molar refractivity (Wildman–Crippen MR) is 182 cm³/mol. The normalized spacial score (nSPS) is 21.5. The Bertz CT molecular complexity index is 1470. The van der Waals surface area contributed by atoms with Gasteiger partial charge >= 0.3 is 5.97 Å². The van der Waals surface area contributed by atoms with Crippen LogP contribution in [0.25, 0.3) is 11.1 Å². The molecule has 47 heavy (non-hydrogen) atoms. The van der Waals surface area contributed by atoms with Crippen molar-refractivity contribution in [3.8, 4) is 11.1 Å². The monoisotopic (exact) mass is 640 g/mol. The number of hydrogen-bond acceptors (Lipinski definition) is 6. The Hall–Kier alpha value is -3.82. The molecule has 1 aliphatic carbocycles. The van der Waals surface area contributed by atoms with Crippen LogP contribution in [0, 0.1) is 5.92 Å². The minimum Gasteiger partial charge on any atom is -0.481 e. The molecule has 1 saturated heterocycles. The molecular formula is C39H48N2O6. The molecule has 4 unspecified atom stereocenters. The molecule has 0 aromatic heterocycles. The quantitative estimate of drug-likeness (QED) is 0.155. The van der Waals surface area contributed by atoms with Crippen molar-refractivity contribution in [1.82, 2.24) is 10.2 Å². The first-order valence-electron chi connectivity index (χ1n) is 16.9. The summed E-state index contributed by atoms with van der Waals surface area (Å²) in [5.74, 6) is -0.936. The number of nitrogens with zero attached hydrogens (tertiary/aromatic N) is 1. The van der Waals surface area contributed by atoms with E-state index in [9.17, 15) is 14.7 Å². The number of hydrogen-bond donors (Lipinski definition) is 3. The van der Waals surface area contributed by atoms with Crippen molar-refractivity contribution in [2.75, 3.05) is 13.1 Å². The van der Waals surface area contributed by atoms with E-state index in [-0.39, 0.29) is 43.5 Å². The number of carbonyl (C=O) groups excluding carboxylic acids is 1. The van der Waals surface area contributed by atoms with Crippen LogP contribution < -0.4 is 5.32 Å². The van der Waals surface area contributed by atoms with Crippen molar-refractivity contribution in [1.29, 1.82) is 0 Å². The number of carbonyl (C=O) groups is 2. The summed E-state index contributed by atoms with van der Waals surface area (Å²) < 4.78 is 13.5. The molecule has 1 saturated carbocycles. The average molecular weight is 641 g/mol. The van der Waals surface area contributed by atoms with E-state index in [0.717, 1.165) is 46.5 Å². The fourth-order valence-corrected chi connectivity index (χ4v) is 6.75. The Morgan fingerprint density at radius 3 is 2.34 bits per heavy atom. The van der Waals surface area contributed by atoms with Crippen molar-refractivity contribution in [3.63, 3.8) is 0 Å². The van der Waals surface area contributed by atoms with Gasteiger partial charge in [0.15, 0.2) is 6.29 Å². The van der Waals surface area contributed by atoms with Gasteiger partial charge in [-0.1, -0.05) is 92.6 Å². The lowest BCUT2D eigenvalue weighted by Crippen LogP contribution is -2.47. The summed E-state index contributed by atoms with van der Waals surface area (Å²) in [6.45, 7) is 8.27. The Morgan fingerprint density at radius 2 is 1.66 bits per heavy atom. The third-order valence-electron chi connectivity index (χ3n) is 9.47. The zero-order valence-electron chi connectivity index (χ0n) is 27.4. The Morgan fingerprint density at radius 1 is 0.936 bits per heavy atom. The molecule has 8 heteroatoms. The zero-order valence-corrected chi connectivity index (χ0v) is 27.4. The maximum absolute atomic E-state index is 12.1. The maximum Gasteiger partial charge on any atom is 0.303 e. The van der Waals surface area contributed by atoms with E-state index in [1.807, 2.05) is 36.4 Å². The van der Waals surface area contributed by atoms with Gasteiger partial charge in [0.2, 0.25) is 5.91 Å². The van der Waals surface area contributed by atoms with Gasteiger partial charge in [-0.25, -0.2) is 0 Å². The van der Waals surface area contributed by atoms with Gasteiger partial charge in [0.1, 0.15) is 0 Å². The van der Waals surface area contributed by atoms with Crippen LogP contribution in [0.3, 0.4) is 0 Å². The lowest BCUT2D eigenvalue weighted by molar-refractivity contribution is -0.276. The molecule has 250 valence electrons. The largest absolute Gasteiger partial charge is 0.481 e. The van der Waals surface area contributed by atoms with E-state index in [1.54, 1.807) is 0 Å². The minimum atomic E-state index is -0.893. The average Bonchev–Trinajstić information content (AvgIpc) is 3.63. The number of aliphatic carboxylic acids is 1. The van der Waals surface area contributed by atoms with Gasteiger partial charge in [0.05, 0.1) is 18.8 Å². The number of ether oxygens (including phenoxy) is 2. The molecule has 4 atom stereocenters. The van der Waals surface area contributed by atoms with Crippen LogP contribution >= 0.6 is 0 Å². The number of aliphatic hydroxyl groups is 1. The van der Waals surface area contributed by atoms with Crippen molar-refractivity contribution >= 4 is 11.9 Å². The maximum atomic E-state index is 12.1. The lowest BCUT2D eigenvalue weighted by Gasteiger charge is -2.43. The van der Waals surface area contributed by atoms with E-state index < -0.39 is 12.3 Å². The molecule has 3 N–H and O–H groups in total. The van der Waals surface area contributed by atoms with E-state index in [0.29, 0.717) is 19.0 Å². The van der Waals surface area contributed by atoms with Crippen LogP contribution in [0.2, 0.25) is 0 Å². The summed E-state index contributed by atoms with van der Waals surface area (Å²) >= 11 is 0. The van der Waals surface area contributed by atoms with Crippen LogP contribution in [0.1, 0.15) is 86.5 Å². The number of carboxylic acid groups (broad SMARTS) is 1. The molecule has 1 heterocycles. The third kappa shape index (κ3) is 9.39. The first-order chi connectivity index (χ1) is 22.8. The number of carboxylic acids is 1. The van der Waals surface area contributed by atoms with Crippen LogP contribution in [0.5, 0.6) is 0 Å². The van der Waals surface area contributed by atoms with E-state index in [4.69, 9.17) is 14.6 Å². The van der Waals surface area contributed by atoms with Crippen LogP contribution in [-0.4, -0.2) is 52.2 Å². The van der Waals surface area contributed by atoms with Crippen LogP contribution in [-0.2, 0) is 32.2 Å². The van der Waals surface area contributed by atoms with E-state index in [1.165, 1.54) is 25.7 Å². The van der Waals surface area contributed by atoms with Gasteiger partial charge in [-0.3, -0.25) is 14.5 Å². The second kappa shape index (κ2) is 16.8. The first-order valence-corrected chi connectivity index (χ1v) is 16.9. The van der Waals surface area contributed by atoms with Gasteiger partial charge in [0.25, 0.3) is 0 Å². The van der Waals surface area contributed by atoms with Gasteiger partial charge in [0, 0.05) is 50.0 Å². The highest BCUT2D eigenvalue weighted by Crippen LogP contribution is 2.42. The number of rotatable bonds is 15. The number of nitrogens with one attached hydrogen (secondary N) is 1. The highest BCUT2D eigenvalue weighted by Gasteiger charge is 2.40. The van der Waals surface area contributed by atoms with Crippen molar-refractivity contribution < 1.29 is 29.3 Å². The van der Waals surface area contributed by atoms with Crippen LogP contribution in [0.15, 0.2) is 85.5 Å². The third-order valence-corrected chi connectivity index (χ3v) is 9.47. The molecule has 1 aliphatic heterocycles. The fourth-order valence-electron chi connectivity index (χ4n) is 6.75. The number of benzene rings is 3. The lowest BCUT2D eigenvalue weighted by atomic mass is 9.89. The molecule has 0 bridgehead atoms. The molecule has 8 nitrogen and oxygen atoms in total. The Labute approximate surface area is 278 Å². The summed E-state index contributed by atoms with van der Waals surface area (Å²) in [6, 6.07) is 24.9. The summed E-state index contributed by atoms with van der Waals surface area (Å²) in [6.07, 6.45) is 6.70. The summed E-state index contributed by atoms with van der Waals surface area (Å²) in [7, 11) is 0. The molecule has 3 aromatic carbocycles. The molecule has 0 radical (unpaired) electrons.